The minimum Gasteiger partial charge on any atom is -0.493 e. The van der Waals surface area contributed by atoms with Gasteiger partial charge in [0.25, 0.3) is 0 Å². The molecule has 0 bridgehead atoms. The second-order valence-electron chi connectivity index (χ2n) is 5.09. The molecular weight excluding hydrogens is 269 g/mol. The van der Waals surface area contributed by atoms with Gasteiger partial charge in [0.2, 0.25) is 0 Å². The number of nitrogens with zero attached hydrogens (tertiary/aromatic N) is 2. The second-order valence-corrected chi connectivity index (χ2v) is 5.09. The average molecular weight is 291 g/mol. The number of hydrogen-bond donors (Lipinski definition) is 1. The molecule has 114 valence electrons. The highest BCUT2D eigenvalue weighted by molar-refractivity contribution is 5.38. The SMILES string of the molecule is CCCNC(c1cccc(C)c1F)c1c(OC)cnn1C. The Kier molecular flexibility index (Phi) is 4.96. The van der Waals surface area contributed by atoms with Gasteiger partial charge in [0.1, 0.15) is 11.5 Å². The number of aryl methyl sites for hydroxylation is 2. The predicted octanol–water partition coefficient (Wildman–Crippen LogP) is 2.97. The lowest BCUT2D eigenvalue weighted by Crippen LogP contribution is -2.26. The molecule has 1 atom stereocenters. The Morgan fingerprint density at radius 3 is 2.86 bits per heavy atom. The van der Waals surface area contributed by atoms with Crippen LogP contribution in [-0.2, 0) is 7.05 Å². The van der Waals surface area contributed by atoms with Crippen LogP contribution in [0, 0.1) is 12.7 Å². The van der Waals surface area contributed by atoms with E-state index in [1.54, 1.807) is 31.0 Å². The molecule has 1 heterocycles. The molecular formula is C16H22FN3O. The molecule has 2 rings (SSSR count). The van der Waals surface area contributed by atoms with Crippen molar-refractivity contribution in [1.82, 2.24) is 15.1 Å². The predicted molar refractivity (Wildman–Crippen MR) is 81.0 cm³/mol. The Morgan fingerprint density at radius 2 is 2.19 bits per heavy atom. The summed E-state index contributed by atoms with van der Waals surface area (Å²) < 4.78 is 21.6. The van der Waals surface area contributed by atoms with Gasteiger partial charge in [-0.05, 0) is 25.5 Å². The summed E-state index contributed by atoms with van der Waals surface area (Å²) in [6, 6.07) is 5.17. The molecule has 1 aromatic carbocycles. The van der Waals surface area contributed by atoms with E-state index in [0.29, 0.717) is 16.9 Å². The van der Waals surface area contributed by atoms with Gasteiger partial charge in [-0.15, -0.1) is 0 Å². The zero-order valence-electron chi connectivity index (χ0n) is 13.0. The van der Waals surface area contributed by atoms with Crippen molar-refractivity contribution in [3.8, 4) is 5.75 Å². The van der Waals surface area contributed by atoms with Crippen molar-refractivity contribution in [2.24, 2.45) is 7.05 Å². The molecule has 5 heteroatoms. The third-order valence-corrected chi connectivity index (χ3v) is 3.57. The minimum atomic E-state index is -0.285. The number of halogens is 1. The van der Waals surface area contributed by atoms with Crippen LogP contribution < -0.4 is 10.1 Å². The summed E-state index contributed by atoms with van der Waals surface area (Å²) in [6.45, 7) is 4.64. The highest BCUT2D eigenvalue weighted by atomic mass is 19.1. The first-order valence-corrected chi connectivity index (χ1v) is 7.14. The molecule has 21 heavy (non-hydrogen) atoms. The Morgan fingerprint density at radius 1 is 1.43 bits per heavy atom. The number of ether oxygens (including phenoxy) is 1. The maximum Gasteiger partial charge on any atom is 0.161 e. The van der Waals surface area contributed by atoms with Gasteiger partial charge < -0.3 is 10.1 Å². The van der Waals surface area contributed by atoms with Gasteiger partial charge in [0, 0.05) is 12.6 Å². The lowest BCUT2D eigenvalue weighted by molar-refractivity contribution is 0.399. The standard InChI is InChI=1S/C16H22FN3O/c1-5-9-18-15(12-8-6-7-11(2)14(12)17)16-13(21-4)10-19-20(16)3/h6-8,10,15,18H,5,9H2,1-4H3. The van der Waals surface area contributed by atoms with Crippen LogP contribution in [0.5, 0.6) is 5.75 Å². The summed E-state index contributed by atoms with van der Waals surface area (Å²) >= 11 is 0. The van der Waals surface area contributed by atoms with Crippen molar-refractivity contribution in [3.63, 3.8) is 0 Å². The minimum absolute atomic E-state index is 0.186. The Bertz CT molecular complexity index is 610. The molecule has 0 saturated carbocycles. The molecule has 0 saturated heterocycles. The number of benzene rings is 1. The maximum atomic E-state index is 14.5. The van der Waals surface area contributed by atoms with Crippen LogP contribution in [0.25, 0.3) is 0 Å². The van der Waals surface area contributed by atoms with Crippen LogP contribution in [0.4, 0.5) is 4.39 Å². The number of methoxy groups -OCH3 is 1. The lowest BCUT2D eigenvalue weighted by atomic mass is 10.00. The van der Waals surface area contributed by atoms with E-state index in [9.17, 15) is 4.39 Å². The van der Waals surface area contributed by atoms with Crippen LogP contribution >= 0.6 is 0 Å². The number of rotatable bonds is 6. The van der Waals surface area contributed by atoms with E-state index in [4.69, 9.17) is 4.74 Å². The number of hydrogen-bond acceptors (Lipinski definition) is 3. The van der Waals surface area contributed by atoms with Crippen molar-refractivity contribution in [2.75, 3.05) is 13.7 Å². The van der Waals surface area contributed by atoms with Gasteiger partial charge in [0.15, 0.2) is 5.75 Å². The molecule has 1 aromatic heterocycles. The smallest absolute Gasteiger partial charge is 0.161 e. The van der Waals surface area contributed by atoms with E-state index in [0.717, 1.165) is 18.7 Å². The fourth-order valence-corrected chi connectivity index (χ4v) is 2.45. The van der Waals surface area contributed by atoms with Crippen LogP contribution in [0.3, 0.4) is 0 Å². The second kappa shape index (κ2) is 6.72. The van der Waals surface area contributed by atoms with Gasteiger partial charge in [-0.25, -0.2) is 4.39 Å². The normalized spacial score (nSPS) is 12.4. The molecule has 2 aromatic rings. The van der Waals surface area contributed by atoms with E-state index in [2.05, 4.69) is 17.3 Å². The van der Waals surface area contributed by atoms with E-state index >= 15 is 0 Å². The molecule has 0 fully saturated rings. The summed E-state index contributed by atoms with van der Waals surface area (Å²) in [5.74, 6) is 0.473. The largest absolute Gasteiger partial charge is 0.493 e. The Labute approximate surface area is 124 Å². The maximum absolute atomic E-state index is 14.5. The van der Waals surface area contributed by atoms with Crippen LogP contribution in [0.2, 0.25) is 0 Å². The fraction of sp³-hybridized carbons (Fsp3) is 0.438. The van der Waals surface area contributed by atoms with Crippen molar-refractivity contribution in [1.29, 1.82) is 0 Å². The first kappa shape index (κ1) is 15.5. The van der Waals surface area contributed by atoms with E-state index in [1.807, 2.05) is 19.2 Å². The third kappa shape index (κ3) is 3.08. The van der Waals surface area contributed by atoms with Gasteiger partial charge >= 0.3 is 0 Å². The average Bonchev–Trinajstić information content (AvgIpc) is 2.85. The van der Waals surface area contributed by atoms with E-state index < -0.39 is 0 Å². The topological polar surface area (TPSA) is 39.1 Å². The van der Waals surface area contributed by atoms with Gasteiger partial charge in [-0.2, -0.15) is 5.10 Å². The quantitative estimate of drug-likeness (QED) is 0.889. The van der Waals surface area contributed by atoms with Crippen LogP contribution in [-0.4, -0.2) is 23.4 Å². The highest BCUT2D eigenvalue weighted by Gasteiger charge is 2.25. The monoisotopic (exact) mass is 291 g/mol. The first-order chi connectivity index (χ1) is 10.1. The Hall–Kier alpha value is -1.88. The zero-order chi connectivity index (χ0) is 15.4. The Balaban J connectivity index is 2.52. The van der Waals surface area contributed by atoms with Crippen LogP contribution in [0.1, 0.15) is 36.2 Å². The van der Waals surface area contributed by atoms with Crippen LogP contribution in [0.15, 0.2) is 24.4 Å². The van der Waals surface area contributed by atoms with Gasteiger partial charge in [-0.3, -0.25) is 4.68 Å². The van der Waals surface area contributed by atoms with Crippen molar-refractivity contribution >= 4 is 0 Å². The zero-order valence-corrected chi connectivity index (χ0v) is 13.0. The molecule has 1 N–H and O–H groups in total. The molecule has 1 unspecified atom stereocenters. The molecule has 0 aliphatic rings. The van der Waals surface area contributed by atoms with Gasteiger partial charge in [0.05, 0.1) is 19.3 Å². The molecule has 0 spiro atoms. The van der Waals surface area contributed by atoms with E-state index in [-0.39, 0.29) is 11.9 Å². The number of nitrogens with one attached hydrogen (secondary N) is 1. The summed E-state index contributed by atoms with van der Waals surface area (Å²) in [5, 5.41) is 7.61. The lowest BCUT2D eigenvalue weighted by Gasteiger charge is -2.21. The molecule has 0 amide bonds. The first-order valence-electron chi connectivity index (χ1n) is 7.14. The summed E-state index contributed by atoms with van der Waals surface area (Å²) in [6.07, 6.45) is 2.62. The van der Waals surface area contributed by atoms with Gasteiger partial charge in [-0.1, -0.05) is 25.1 Å². The highest BCUT2D eigenvalue weighted by Crippen LogP contribution is 2.31. The van der Waals surface area contributed by atoms with Crippen molar-refractivity contribution < 1.29 is 9.13 Å². The van der Waals surface area contributed by atoms with Crippen molar-refractivity contribution in [2.45, 2.75) is 26.3 Å². The summed E-state index contributed by atoms with van der Waals surface area (Å²) in [5.41, 5.74) is 2.08. The summed E-state index contributed by atoms with van der Waals surface area (Å²) in [4.78, 5) is 0. The third-order valence-electron chi connectivity index (χ3n) is 3.57. The molecule has 4 nitrogen and oxygen atoms in total. The molecule has 0 aliphatic carbocycles. The summed E-state index contributed by atoms with van der Waals surface area (Å²) in [7, 11) is 3.44. The fourth-order valence-electron chi connectivity index (χ4n) is 2.45. The van der Waals surface area contributed by atoms with Crippen molar-refractivity contribution in [3.05, 3.63) is 47.0 Å². The van der Waals surface area contributed by atoms with E-state index in [1.165, 1.54) is 0 Å². The molecule has 0 radical (unpaired) electrons. The molecule has 0 aliphatic heterocycles. The number of aromatic nitrogens is 2.